The fourth-order valence-corrected chi connectivity index (χ4v) is 4.19. The van der Waals surface area contributed by atoms with Gasteiger partial charge in [-0.3, -0.25) is 4.79 Å². The van der Waals surface area contributed by atoms with Crippen LogP contribution in [-0.2, 0) is 4.79 Å². The third-order valence-electron chi connectivity index (χ3n) is 5.97. The number of piperidine rings is 1. The molecule has 1 saturated heterocycles. The highest BCUT2D eigenvalue weighted by Gasteiger charge is 2.27. The first-order valence-electron chi connectivity index (χ1n) is 10.6. The number of aromatic nitrogens is 2. The number of carbonyl (C=O) groups excluding carboxylic acids is 1. The molecule has 1 aromatic heterocycles. The molecule has 30 heavy (non-hydrogen) atoms. The molecule has 0 unspecified atom stereocenters. The molecule has 0 aliphatic carbocycles. The number of fused-ring (bicyclic) bond motifs is 2. The number of imidazole rings is 1. The summed E-state index contributed by atoms with van der Waals surface area (Å²) in [6, 6.07) is 13.8. The molecule has 5 rings (SSSR count). The number of carbonyl (C=O) groups is 1. The van der Waals surface area contributed by atoms with Crippen LogP contribution < -0.4 is 19.7 Å². The molecule has 0 radical (unpaired) electrons. The average molecular weight is 406 g/mol. The van der Waals surface area contributed by atoms with Gasteiger partial charge in [0.2, 0.25) is 11.9 Å². The second-order valence-corrected chi connectivity index (χ2v) is 7.97. The topological polar surface area (TPSA) is 79.5 Å². The largest absolute Gasteiger partial charge is 0.486 e. The van der Waals surface area contributed by atoms with Crippen molar-refractivity contribution in [2.75, 3.05) is 31.2 Å². The van der Waals surface area contributed by atoms with Gasteiger partial charge in [-0.25, -0.2) is 4.98 Å². The van der Waals surface area contributed by atoms with Crippen molar-refractivity contribution in [3.05, 3.63) is 48.0 Å². The van der Waals surface area contributed by atoms with Crippen molar-refractivity contribution in [3.63, 3.8) is 0 Å². The number of H-pyrrole nitrogens is 1. The predicted molar refractivity (Wildman–Crippen MR) is 115 cm³/mol. The monoisotopic (exact) mass is 406 g/mol. The second kappa shape index (κ2) is 7.89. The smallest absolute Gasteiger partial charge is 0.223 e. The van der Waals surface area contributed by atoms with Crippen LogP contribution in [0.5, 0.6) is 11.5 Å². The number of anilines is 1. The maximum absolute atomic E-state index is 12.8. The summed E-state index contributed by atoms with van der Waals surface area (Å²) in [7, 11) is 0. The summed E-state index contributed by atoms with van der Waals surface area (Å²) in [5, 5.41) is 3.17. The average Bonchev–Trinajstić information content (AvgIpc) is 3.23. The van der Waals surface area contributed by atoms with Crippen LogP contribution >= 0.6 is 0 Å². The Kier molecular flexibility index (Phi) is 4.94. The van der Waals surface area contributed by atoms with E-state index in [0.717, 1.165) is 60.0 Å². The fraction of sp³-hybridized carbons (Fsp3) is 0.391. The van der Waals surface area contributed by atoms with E-state index in [1.165, 1.54) is 0 Å². The van der Waals surface area contributed by atoms with Gasteiger partial charge in [0.15, 0.2) is 11.5 Å². The summed E-state index contributed by atoms with van der Waals surface area (Å²) in [5.74, 6) is 2.53. The van der Waals surface area contributed by atoms with Gasteiger partial charge in [0.05, 0.1) is 17.1 Å². The lowest BCUT2D eigenvalue weighted by atomic mass is 9.95. The molecule has 2 aromatic carbocycles. The molecule has 3 aromatic rings. The van der Waals surface area contributed by atoms with Crippen LogP contribution in [0.3, 0.4) is 0 Å². The zero-order valence-electron chi connectivity index (χ0n) is 17.1. The van der Waals surface area contributed by atoms with Gasteiger partial charge in [-0.05, 0) is 49.6 Å². The summed E-state index contributed by atoms with van der Waals surface area (Å²) in [4.78, 5) is 23.1. The standard InChI is InChI=1S/C23H26N4O3/c1-15(17-6-7-20-21(14-17)30-13-12-29-20)24-22(28)16-8-10-27(11-9-16)23-25-18-4-2-3-5-19(18)26-23/h2-7,14-16H,8-13H2,1H3,(H,24,28)(H,25,26)/t15-/m0/s1. The van der Waals surface area contributed by atoms with E-state index in [2.05, 4.69) is 20.2 Å². The van der Waals surface area contributed by atoms with E-state index in [1.807, 2.05) is 49.4 Å². The molecular formula is C23H26N4O3. The Bertz CT molecular complexity index is 1020. The molecule has 156 valence electrons. The van der Waals surface area contributed by atoms with Gasteiger partial charge in [0.25, 0.3) is 0 Å². The zero-order valence-corrected chi connectivity index (χ0v) is 17.1. The first-order valence-corrected chi connectivity index (χ1v) is 10.6. The molecular weight excluding hydrogens is 380 g/mol. The Hall–Kier alpha value is -3.22. The van der Waals surface area contributed by atoms with Gasteiger partial charge in [-0.1, -0.05) is 18.2 Å². The van der Waals surface area contributed by atoms with Gasteiger partial charge in [-0.2, -0.15) is 0 Å². The Morgan fingerprint density at radius 3 is 2.70 bits per heavy atom. The van der Waals surface area contributed by atoms with Crippen molar-refractivity contribution in [2.45, 2.75) is 25.8 Å². The summed E-state index contributed by atoms with van der Waals surface area (Å²) in [6.45, 7) is 4.77. The Labute approximate surface area is 175 Å². The van der Waals surface area contributed by atoms with Gasteiger partial charge in [-0.15, -0.1) is 0 Å². The van der Waals surface area contributed by atoms with Crippen molar-refractivity contribution in [2.24, 2.45) is 5.92 Å². The maximum Gasteiger partial charge on any atom is 0.223 e. The summed E-state index contributed by atoms with van der Waals surface area (Å²) in [5.41, 5.74) is 3.04. The van der Waals surface area contributed by atoms with E-state index in [4.69, 9.17) is 9.47 Å². The number of nitrogens with one attached hydrogen (secondary N) is 2. The van der Waals surface area contributed by atoms with Crippen molar-refractivity contribution in [1.82, 2.24) is 15.3 Å². The number of aromatic amines is 1. The van der Waals surface area contributed by atoms with Crippen molar-refractivity contribution in [3.8, 4) is 11.5 Å². The van der Waals surface area contributed by atoms with E-state index in [0.29, 0.717) is 13.2 Å². The molecule has 7 heteroatoms. The van der Waals surface area contributed by atoms with Crippen molar-refractivity contribution >= 4 is 22.9 Å². The second-order valence-electron chi connectivity index (χ2n) is 7.97. The van der Waals surface area contributed by atoms with Crippen LogP contribution in [0.4, 0.5) is 5.95 Å². The number of hydrogen-bond acceptors (Lipinski definition) is 5. The Morgan fingerprint density at radius 1 is 1.13 bits per heavy atom. The van der Waals surface area contributed by atoms with Gasteiger partial charge in [0.1, 0.15) is 13.2 Å². The molecule has 1 fully saturated rings. The lowest BCUT2D eigenvalue weighted by Crippen LogP contribution is -2.41. The summed E-state index contributed by atoms with van der Waals surface area (Å²) < 4.78 is 11.2. The van der Waals surface area contributed by atoms with Crippen LogP contribution in [0.2, 0.25) is 0 Å². The van der Waals surface area contributed by atoms with Crippen molar-refractivity contribution < 1.29 is 14.3 Å². The molecule has 1 atom stereocenters. The molecule has 2 N–H and O–H groups in total. The minimum absolute atomic E-state index is 0.0188. The number of hydrogen-bond donors (Lipinski definition) is 2. The first kappa shape index (κ1) is 18.8. The normalized spacial score (nSPS) is 17.7. The minimum Gasteiger partial charge on any atom is -0.486 e. The number of ether oxygens (including phenoxy) is 2. The van der Waals surface area contributed by atoms with E-state index in [1.54, 1.807) is 0 Å². The fourth-order valence-electron chi connectivity index (χ4n) is 4.19. The van der Waals surface area contributed by atoms with Gasteiger partial charge < -0.3 is 24.7 Å². The van der Waals surface area contributed by atoms with E-state index < -0.39 is 0 Å². The Balaban J connectivity index is 1.18. The highest BCUT2D eigenvalue weighted by Crippen LogP contribution is 2.33. The minimum atomic E-state index is -0.0817. The molecule has 0 spiro atoms. The molecule has 0 bridgehead atoms. The number of rotatable bonds is 4. The number of amides is 1. The van der Waals surface area contributed by atoms with Gasteiger partial charge >= 0.3 is 0 Å². The molecule has 3 heterocycles. The maximum atomic E-state index is 12.8. The van der Waals surface area contributed by atoms with Crippen LogP contribution in [-0.4, -0.2) is 42.2 Å². The Morgan fingerprint density at radius 2 is 1.90 bits per heavy atom. The lowest BCUT2D eigenvalue weighted by molar-refractivity contribution is -0.126. The molecule has 7 nitrogen and oxygen atoms in total. The quantitative estimate of drug-likeness (QED) is 0.694. The van der Waals surface area contributed by atoms with E-state index in [9.17, 15) is 4.79 Å². The third-order valence-corrected chi connectivity index (χ3v) is 5.97. The van der Waals surface area contributed by atoms with E-state index in [-0.39, 0.29) is 17.9 Å². The SMILES string of the molecule is C[C@H](NC(=O)C1CCN(c2nc3ccccc3[nH]2)CC1)c1ccc2c(c1)OCCO2. The van der Waals surface area contributed by atoms with Crippen LogP contribution in [0.15, 0.2) is 42.5 Å². The zero-order chi connectivity index (χ0) is 20.5. The van der Waals surface area contributed by atoms with Crippen LogP contribution in [0, 0.1) is 5.92 Å². The highest BCUT2D eigenvalue weighted by atomic mass is 16.6. The van der Waals surface area contributed by atoms with E-state index >= 15 is 0 Å². The van der Waals surface area contributed by atoms with Crippen LogP contribution in [0.1, 0.15) is 31.4 Å². The highest BCUT2D eigenvalue weighted by molar-refractivity contribution is 5.80. The molecule has 0 saturated carbocycles. The van der Waals surface area contributed by atoms with Crippen LogP contribution in [0.25, 0.3) is 11.0 Å². The number of nitrogens with zero attached hydrogens (tertiary/aromatic N) is 2. The van der Waals surface area contributed by atoms with Crippen molar-refractivity contribution in [1.29, 1.82) is 0 Å². The number of benzene rings is 2. The first-order chi connectivity index (χ1) is 14.7. The summed E-state index contributed by atoms with van der Waals surface area (Å²) in [6.07, 6.45) is 1.63. The third kappa shape index (κ3) is 3.67. The lowest BCUT2D eigenvalue weighted by Gasteiger charge is -2.31. The predicted octanol–water partition coefficient (Wildman–Crippen LogP) is 3.43. The number of para-hydroxylation sites is 2. The molecule has 1 amide bonds. The molecule has 2 aliphatic rings. The molecule has 2 aliphatic heterocycles. The summed E-state index contributed by atoms with van der Waals surface area (Å²) >= 11 is 0. The van der Waals surface area contributed by atoms with Gasteiger partial charge in [0, 0.05) is 19.0 Å².